The van der Waals surface area contributed by atoms with E-state index in [1.54, 1.807) is 12.1 Å². The van der Waals surface area contributed by atoms with Crippen molar-refractivity contribution in [1.82, 2.24) is 0 Å². The molecule has 5 aromatic carbocycles. The molecule has 146 valence electrons. The van der Waals surface area contributed by atoms with Crippen LogP contribution in [0, 0.1) is 0 Å². The van der Waals surface area contributed by atoms with Gasteiger partial charge in [0.15, 0.2) is 0 Å². The molecule has 0 atom stereocenters. The molecule has 0 heterocycles. The van der Waals surface area contributed by atoms with Gasteiger partial charge in [-0.25, -0.2) is 0 Å². The summed E-state index contributed by atoms with van der Waals surface area (Å²) in [6.45, 7) is 0. The van der Waals surface area contributed by atoms with E-state index in [1.165, 1.54) is 6.07 Å². The molecule has 5 aromatic rings. The summed E-state index contributed by atoms with van der Waals surface area (Å²) >= 11 is 0. The smallest absolute Gasteiger partial charge is 0.282 e. The van der Waals surface area contributed by atoms with Crippen LogP contribution in [0.5, 0.6) is 0 Å². The molecule has 5 heteroatoms. The SMILES string of the molecule is O=S(=O)(O)c1ccc2c(-c3ccccc3)c3ccccc3c(-c3ccccc3)c2c1.[Na+]. The summed E-state index contributed by atoms with van der Waals surface area (Å²) in [5, 5.41) is 3.84. The summed E-state index contributed by atoms with van der Waals surface area (Å²) in [6.07, 6.45) is 0. The molecule has 0 amide bonds. The van der Waals surface area contributed by atoms with Crippen LogP contribution in [0.4, 0.5) is 0 Å². The van der Waals surface area contributed by atoms with E-state index in [-0.39, 0.29) is 34.5 Å². The number of benzene rings is 5. The summed E-state index contributed by atoms with van der Waals surface area (Å²) in [4.78, 5) is -0.110. The second kappa shape index (κ2) is 8.58. The van der Waals surface area contributed by atoms with Gasteiger partial charge in [0.25, 0.3) is 10.1 Å². The Bertz CT molecular complexity index is 1500. The van der Waals surface area contributed by atoms with Crippen molar-refractivity contribution < 1.29 is 42.5 Å². The van der Waals surface area contributed by atoms with Gasteiger partial charge in [-0.1, -0.05) is 91.0 Å². The second-order valence-electron chi connectivity index (χ2n) is 7.21. The van der Waals surface area contributed by atoms with Crippen molar-refractivity contribution in [2.75, 3.05) is 0 Å². The van der Waals surface area contributed by atoms with Gasteiger partial charge < -0.3 is 0 Å². The predicted molar refractivity (Wildman–Crippen MR) is 122 cm³/mol. The van der Waals surface area contributed by atoms with Crippen molar-refractivity contribution in [2.45, 2.75) is 4.90 Å². The first-order valence-corrected chi connectivity index (χ1v) is 11.0. The maximum absolute atomic E-state index is 11.9. The normalized spacial score (nSPS) is 11.4. The molecule has 0 aliphatic carbocycles. The van der Waals surface area contributed by atoms with Gasteiger partial charge in [-0.2, -0.15) is 8.42 Å². The zero-order valence-corrected chi connectivity index (χ0v) is 19.8. The van der Waals surface area contributed by atoms with Crippen LogP contribution in [0.15, 0.2) is 108 Å². The molecule has 0 fully saturated rings. The minimum Gasteiger partial charge on any atom is -0.282 e. The van der Waals surface area contributed by atoms with E-state index >= 15 is 0 Å². The van der Waals surface area contributed by atoms with Gasteiger partial charge in [0.05, 0.1) is 4.90 Å². The monoisotopic (exact) mass is 433 g/mol. The van der Waals surface area contributed by atoms with E-state index in [1.807, 2.05) is 60.7 Å². The Kier molecular flexibility index (Phi) is 6.02. The molecule has 0 aliphatic heterocycles. The third-order valence-corrected chi connectivity index (χ3v) is 6.27. The fraction of sp³-hybridized carbons (Fsp3) is 0. The molecule has 0 bridgehead atoms. The Morgan fingerprint density at radius 3 is 1.42 bits per heavy atom. The van der Waals surface area contributed by atoms with Crippen molar-refractivity contribution in [3.05, 3.63) is 103 Å². The fourth-order valence-corrected chi connectivity index (χ4v) is 4.66. The van der Waals surface area contributed by atoms with Gasteiger partial charge in [-0.05, 0) is 55.9 Å². The molecule has 0 saturated carbocycles. The van der Waals surface area contributed by atoms with Gasteiger partial charge in [0.1, 0.15) is 0 Å². The molecule has 31 heavy (non-hydrogen) atoms. The second-order valence-corrected chi connectivity index (χ2v) is 8.63. The van der Waals surface area contributed by atoms with Gasteiger partial charge in [0.2, 0.25) is 0 Å². The van der Waals surface area contributed by atoms with Crippen molar-refractivity contribution in [3.8, 4) is 22.3 Å². The van der Waals surface area contributed by atoms with Gasteiger partial charge in [-0.15, -0.1) is 0 Å². The Labute approximate surface area is 203 Å². The van der Waals surface area contributed by atoms with E-state index < -0.39 is 10.1 Å². The first-order chi connectivity index (χ1) is 14.5. The summed E-state index contributed by atoms with van der Waals surface area (Å²) in [5.74, 6) is 0. The van der Waals surface area contributed by atoms with E-state index in [4.69, 9.17) is 0 Å². The molecule has 0 radical (unpaired) electrons. The molecule has 0 aliphatic rings. The average molecular weight is 433 g/mol. The van der Waals surface area contributed by atoms with Crippen LogP contribution in [-0.2, 0) is 10.1 Å². The van der Waals surface area contributed by atoms with Crippen molar-refractivity contribution in [3.63, 3.8) is 0 Å². The van der Waals surface area contributed by atoms with Crippen LogP contribution in [0.25, 0.3) is 43.8 Å². The zero-order valence-electron chi connectivity index (χ0n) is 17.0. The third kappa shape index (κ3) is 3.93. The summed E-state index contributed by atoms with van der Waals surface area (Å²) in [5.41, 5.74) is 4.04. The van der Waals surface area contributed by atoms with Crippen LogP contribution in [0.3, 0.4) is 0 Å². The van der Waals surface area contributed by atoms with Crippen LogP contribution in [0.2, 0.25) is 0 Å². The standard InChI is InChI=1S/C26H18O3S.Na/c27-30(28,29)20-15-16-23-24(17-20)26(19-11-5-2-6-12-19)22-14-8-7-13-21(22)25(23)18-9-3-1-4-10-18;/h1-17H,(H,27,28,29);/q;+1. The zero-order chi connectivity index (χ0) is 20.7. The van der Waals surface area contributed by atoms with Crippen molar-refractivity contribution in [1.29, 1.82) is 0 Å². The Hall–Kier alpha value is -2.47. The first-order valence-electron chi connectivity index (χ1n) is 9.61. The third-order valence-electron chi connectivity index (χ3n) is 5.42. The summed E-state index contributed by atoms with van der Waals surface area (Å²) < 4.78 is 33.5. The van der Waals surface area contributed by atoms with E-state index in [9.17, 15) is 13.0 Å². The van der Waals surface area contributed by atoms with E-state index in [0.717, 1.165) is 43.8 Å². The topological polar surface area (TPSA) is 54.4 Å². The number of hydrogen-bond donors (Lipinski definition) is 1. The van der Waals surface area contributed by atoms with E-state index in [0.29, 0.717) is 0 Å². The molecule has 0 saturated heterocycles. The largest absolute Gasteiger partial charge is 1.00 e. The molecular weight excluding hydrogens is 415 g/mol. The van der Waals surface area contributed by atoms with Crippen LogP contribution in [0.1, 0.15) is 0 Å². The quantitative estimate of drug-likeness (QED) is 0.269. The number of fused-ring (bicyclic) bond motifs is 2. The Morgan fingerprint density at radius 1 is 0.516 bits per heavy atom. The van der Waals surface area contributed by atoms with Gasteiger partial charge >= 0.3 is 29.6 Å². The van der Waals surface area contributed by atoms with Crippen molar-refractivity contribution >= 4 is 31.7 Å². The van der Waals surface area contributed by atoms with Gasteiger partial charge in [-0.3, -0.25) is 4.55 Å². The first kappa shape index (κ1) is 21.8. The number of hydrogen-bond acceptors (Lipinski definition) is 2. The molecule has 0 spiro atoms. The minimum absolute atomic E-state index is 0. The Balaban J connectivity index is 0.00000231. The molecule has 0 unspecified atom stereocenters. The van der Waals surface area contributed by atoms with Crippen LogP contribution < -0.4 is 29.6 Å². The molecular formula is C26H18NaO3S+. The van der Waals surface area contributed by atoms with Crippen LogP contribution >= 0.6 is 0 Å². The summed E-state index contributed by atoms with van der Waals surface area (Å²) in [7, 11) is -4.32. The summed E-state index contributed by atoms with van der Waals surface area (Å²) in [6, 6.07) is 33.0. The molecule has 1 N–H and O–H groups in total. The Morgan fingerprint density at radius 2 is 0.935 bits per heavy atom. The predicted octanol–water partition coefficient (Wildman–Crippen LogP) is 3.58. The van der Waals surface area contributed by atoms with Crippen molar-refractivity contribution in [2.24, 2.45) is 0 Å². The fourth-order valence-electron chi connectivity index (χ4n) is 4.15. The van der Waals surface area contributed by atoms with Gasteiger partial charge in [0, 0.05) is 0 Å². The molecule has 3 nitrogen and oxygen atoms in total. The number of rotatable bonds is 3. The molecule has 0 aromatic heterocycles. The maximum Gasteiger partial charge on any atom is 1.00 e. The maximum atomic E-state index is 11.9. The van der Waals surface area contributed by atoms with E-state index in [2.05, 4.69) is 24.3 Å². The molecule has 5 rings (SSSR count). The minimum atomic E-state index is -4.32. The average Bonchev–Trinajstić information content (AvgIpc) is 2.77. The van der Waals surface area contributed by atoms with Crippen LogP contribution in [-0.4, -0.2) is 13.0 Å².